The second kappa shape index (κ2) is 8.45. The summed E-state index contributed by atoms with van der Waals surface area (Å²) in [5.74, 6) is -0.0533. The van der Waals surface area contributed by atoms with E-state index in [2.05, 4.69) is 10.2 Å². The molecule has 0 unspecified atom stereocenters. The number of hydrogen-bond acceptors (Lipinski definition) is 4. The third-order valence-corrected chi connectivity index (χ3v) is 5.17. The molecule has 0 aliphatic carbocycles. The summed E-state index contributed by atoms with van der Waals surface area (Å²) >= 11 is 0. The predicted molar refractivity (Wildman–Crippen MR) is 94.9 cm³/mol. The van der Waals surface area contributed by atoms with E-state index in [-0.39, 0.29) is 23.8 Å². The summed E-state index contributed by atoms with van der Waals surface area (Å²) in [5, 5.41) is 3.08. The van der Waals surface area contributed by atoms with Gasteiger partial charge >= 0.3 is 0 Å². The fourth-order valence-electron chi connectivity index (χ4n) is 3.71. The van der Waals surface area contributed by atoms with Gasteiger partial charge in [-0.3, -0.25) is 14.5 Å². The number of nitrogens with zero attached hydrogens (tertiary/aromatic N) is 2. The molecule has 1 N–H and O–H groups in total. The highest BCUT2D eigenvalue weighted by Gasteiger charge is 2.38. The Hall–Kier alpha value is -1.92. The lowest BCUT2D eigenvalue weighted by Gasteiger charge is -2.38. The highest BCUT2D eigenvalue weighted by atomic mass is 16.5. The van der Waals surface area contributed by atoms with Crippen LogP contribution in [0.25, 0.3) is 0 Å². The van der Waals surface area contributed by atoms with Crippen LogP contribution in [0.15, 0.2) is 30.3 Å². The molecule has 2 heterocycles. The van der Waals surface area contributed by atoms with Gasteiger partial charge in [0.2, 0.25) is 11.8 Å². The second-order valence-electron chi connectivity index (χ2n) is 6.75. The molecular formula is C19H27N3O3. The Bertz CT molecular complexity index is 587. The van der Waals surface area contributed by atoms with Gasteiger partial charge in [0, 0.05) is 39.6 Å². The summed E-state index contributed by atoms with van der Waals surface area (Å²) in [4.78, 5) is 29.0. The SMILES string of the molecule is CN1C(=O)CC[C@@H](C(=O)NCCN2CCOCC2)[C@@H]1c1ccccc1. The fraction of sp³-hybridized carbons (Fsp3) is 0.579. The number of carbonyl (C=O) groups excluding carboxylic acids is 2. The third kappa shape index (κ3) is 4.38. The topological polar surface area (TPSA) is 61.9 Å². The van der Waals surface area contributed by atoms with E-state index >= 15 is 0 Å². The molecule has 136 valence electrons. The molecule has 1 aromatic rings. The monoisotopic (exact) mass is 345 g/mol. The Kier molecular flexibility index (Phi) is 6.04. The van der Waals surface area contributed by atoms with Gasteiger partial charge < -0.3 is 15.0 Å². The van der Waals surface area contributed by atoms with E-state index in [1.807, 2.05) is 30.3 Å². The summed E-state index contributed by atoms with van der Waals surface area (Å²) in [6, 6.07) is 9.66. The average molecular weight is 345 g/mol. The van der Waals surface area contributed by atoms with Crippen LogP contribution in [0.4, 0.5) is 0 Å². The quantitative estimate of drug-likeness (QED) is 0.866. The normalized spacial score (nSPS) is 25.0. The van der Waals surface area contributed by atoms with Gasteiger partial charge in [0.1, 0.15) is 0 Å². The fourth-order valence-corrected chi connectivity index (χ4v) is 3.71. The van der Waals surface area contributed by atoms with Crippen molar-refractivity contribution in [2.45, 2.75) is 18.9 Å². The van der Waals surface area contributed by atoms with Crippen LogP contribution in [-0.2, 0) is 14.3 Å². The molecule has 0 aromatic heterocycles. The van der Waals surface area contributed by atoms with E-state index in [1.54, 1.807) is 11.9 Å². The molecule has 2 atom stereocenters. The predicted octanol–water partition coefficient (Wildman–Crippen LogP) is 1.04. The maximum atomic E-state index is 12.8. The Morgan fingerprint density at radius 3 is 2.68 bits per heavy atom. The van der Waals surface area contributed by atoms with Crippen molar-refractivity contribution in [2.24, 2.45) is 5.92 Å². The molecule has 0 radical (unpaired) electrons. The van der Waals surface area contributed by atoms with Crippen LogP contribution in [0, 0.1) is 5.92 Å². The molecule has 6 heteroatoms. The Balaban J connectivity index is 1.61. The first-order chi connectivity index (χ1) is 12.2. The highest BCUT2D eigenvalue weighted by Crippen LogP contribution is 2.35. The lowest BCUT2D eigenvalue weighted by molar-refractivity contribution is -0.141. The molecule has 2 aliphatic heterocycles. The Morgan fingerprint density at radius 2 is 1.96 bits per heavy atom. The summed E-state index contributed by atoms with van der Waals surface area (Å²) in [7, 11) is 1.80. The number of hydrogen-bond donors (Lipinski definition) is 1. The van der Waals surface area contributed by atoms with Crippen LogP contribution in [0.5, 0.6) is 0 Å². The molecule has 2 amide bonds. The Morgan fingerprint density at radius 1 is 1.24 bits per heavy atom. The molecule has 2 aliphatic rings. The maximum absolute atomic E-state index is 12.8. The number of nitrogens with one attached hydrogen (secondary N) is 1. The first-order valence-electron chi connectivity index (χ1n) is 9.05. The number of morpholine rings is 1. The molecule has 25 heavy (non-hydrogen) atoms. The van der Waals surface area contributed by atoms with Crippen molar-refractivity contribution in [3.05, 3.63) is 35.9 Å². The van der Waals surface area contributed by atoms with Crippen LogP contribution < -0.4 is 5.32 Å². The van der Waals surface area contributed by atoms with Crippen molar-refractivity contribution in [3.8, 4) is 0 Å². The van der Waals surface area contributed by atoms with Crippen LogP contribution in [0.2, 0.25) is 0 Å². The summed E-state index contributed by atoms with van der Waals surface area (Å²) in [6.45, 7) is 4.84. The molecular weight excluding hydrogens is 318 g/mol. The van der Waals surface area contributed by atoms with Crippen molar-refractivity contribution in [3.63, 3.8) is 0 Å². The molecule has 0 bridgehead atoms. The number of amides is 2. The lowest BCUT2D eigenvalue weighted by Crippen LogP contribution is -2.48. The minimum absolute atomic E-state index is 0.0430. The van der Waals surface area contributed by atoms with Gasteiger partial charge in [0.25, 0.3) is 0 Å². The van der Waals surface area contributed by atoms with E-state index in [9.17, 15) is 9.59 Å². The maximum Gasteiger partial charge on any atom is 0.225 e. The molecule has 6 nitrogen and oxygen atoms in total. The molecule has 2 saturated heterocycles. The van der Waals surface area contributed by atoms with Gasteiger partial charge in [-0.1, -0.05) is 30.3 Å². The number of carbonyl (C=O) groups is 2. The third-order valence-electron chi connectivity index (χ3n) is 5.17. The van der Waals surface area contributed by atoms with Crippen molar-refractivity contribution in [1.82, 2.24) is 15.1 Å². The van der Waals surface area contributed by atoms with E-state index < -0.39 is 0 Å². The smallest absolute Gasteiger partial charge is 0.225 e. The molecule has 3 rings (SSSR count). The van der Waals surface area contributed by atoms with E-state index in [1.165, 1.54) is 0 Å². The van der Waals surface area contributed by atoms with Gasteiger partial charge in [-0.15, -0.1) is 0 Å². The van der Waals surface area contributed by atoms with Gasteiger partial charge in [0.05, 0.1) is 25.2 Å². The average Bonchev–Trinajstić information content (AvgIpc) is 2.65. The summed E-state index contributed by atoms with van der Waals surface area (Å²) in [6.07, 6.45) is 1.04. The summed E-state index contributed by atoms with van der Waals surface area (Å²) in [5.41, 5.74) is 1.02. The zero-order valence-electron chi connectivity index (χ0n) is 14.8. The second-order valence-corrected chi connectivity index (χ2v) is 6.75. The first kappa shape index (κ1) is 17.9. The number of ether oxygens (including phenoxy) is 1. The van der Waals surface area contributed by atoms with Crippen LogP contribution >= 0.6 is 0 Å². The molecule has 2 fully saturated rings. The van der Waals surface area contributed by atoms with Crippen molar-refractivity contribution in [1.29, 1.82) is 0 Å². The zero-order valence-corrected chi connectivity index (χ0v) is 14.8. The Labute approximate surface area is 149 Å². The van der Waals surface area contributed by atoms with Gasteiger partial charge in [0.15, 0.2) is 0 Å². The highest BCUT2D eigenvalue weighted by molar-refractivity contribution is 5.84. The van der Waals surface area contributed by atoms with Crippen molar-refractivity contribution in [2.75, 3.05) is 46.4 Å². The van der Waals surface area contributed by atoms with Gasteiger partial charge in [-0.05, 0) is 12.0 Å². The van der Waals surface area contributed by atoms with Crippen LogP contribution in [-0.4, -0.2) is 68.1 Å². The molecule has 0 spiro atoms. The standard InChI is InChI=1S/C19H27N3O3/c1-21-17(23)8-7-16(18(21)15-5-3-2-4-6-15)19(24)20-9-10-22-11-13-25-14-12-22/h2-6,16,18H,7-14H2,1H3,(H,20,24)/t16-,18+/m1/s1. The minimum Gasteiger partial charge on any atom is -0.379 e. The largest absolute Gasteiger partial charge is 0.379 e. The molecule has 0 saturated carbocycles. The lowest BCUT2D eigenvalue weighted by atomic mass is 9.84. The van der Waals surface area contributed by atoms with Crippen LogP contribution in [0.3, 0.4) is 0 Å². The van der Waals surface area contributed by atoms with Gasteiger partial charge in [-0.25, -0.2) is 0 Å². The summed E-state index contributed by atoms with van der Waals surface area (Å²) < 4.78 is 5.34. The van der Waals surface area contributed by atoms with Gasteiger partial charge in [-0.2, -0.15) is 0 Å². The van der Waals surface area contributed by atoms with Crippen molar-refractivity contribution >= 4 is 11.8 Å². The molecule has 1 aromatic carbocycles. The number of likely N-dealkylation sites (tertiary alicyclic amines) is 1. The zero-order chi connectivity index (χ0) is 17.6. The van der Waals surface area contributed by atoms with E-state index in [0.717, 1.165) is 38.4 Å². The van der Waals surface area contributed by atoms with E-state index in [0.29, 0.717) is 19.4 Å². The number of piperidine rings is 1. The van der Waals surface area contributed by atoms with Crippen molar-refractivity contribution < 1.29 is 14.3 Å². The van der Waals surface area contributed by atoms with Crippen LogP contribution in [0.1, 0.15) is 24.4 Å². The number of rotatable bonds is 5. The minimum atomic E-state index is -0.199. The first-order valence-corrected chi connectivity index (χ1v) is 9.05. The number of benzene rings is 1. The van der Waals surface area contributed by atoms with E-state index in [4.69, 9.17) is 4.74 Å².